The quantitative estimate of drug-likeness (QED) is 0.550. The Morgan fingerprint density at radius 1 is 1.45 bits per heavy atom. The normalized spacial score (nSPS) is 43.4. The third kappa shape index (κ3) is 1.24. The van der Waals surface area contributed by atoms with Crippen LogP contribution in [0, 0.1) is 5.92 Å². The van der Waals surface area contributed by atoms with Crippen LogP contribution in [0.15, 0.2) is 0 Å². The van der Waals surface area contributed by atoms with Crippen LogP contribution in [0.2, 0.25) is 0 Å². The lowest BCUT2D eigenvalue weighted by molar-refractivity contribution is -0.119. The van der Waals surface area contributed by atoms with Crippen LogP contribution in [-0.2, 0) is 4.79 Å². The van der Waals surface area contributed by atoms with Crippen molar-refractivity contribution >= 4 is 17.5 Å². The average molecular weight is 174 g/mol. The zero-order chi connectivity index (χ0) is 7.84. The second kappa shape index (κ2) is 2.67. The first-order valence-electron chi connectivity index (χ1n) is 4.21. The van der Waals surface area contributed by atoms with Crippen molar-refractivity contribution < 1.29 is 4.79 Å². The highest BCUT2D eigenvalue weighted by atomic mass is 35.5. The van der Waals surface area contributed by atoms with E-state index in [0.29, 0.717) is 12.3 Å². The van der Waals surface area contributed by atoms with Gasteiger partial charge in [-0.1, -0.05) is 6.42 Å². The van der Waals surface area contributed by atoms with Gasteiger partial charge in [0.15, 0.2) is 0 Å². The summed E-state index contributed by atoms with van der Waals surface area (Å²) >= 11 is 6.07. The first-order valence-corrected chi connectivity index (χ1v) is 4.64. The summed E-state index contributed by atoms with van der Waals surface area (Å²) in [5.74, 6) is 0.714. The molecule has 1 N–H and O–H groups in total. The van der Waals surface area contributed by atoms with Gasteiger partial charge in [-0.15, -0.1) is 11.6 Å². The van der Waals surface area contributed by atoms with Crippen LogP contribution < -0.4 is 5.32 Å². The topological polar surface area (TPSA) is 29.1 Å². The molecule has 1 aliphatic carbocycles. The lowest BCUT2D eigenvalue weighted by Gasteiger charge is -2.28. The van der Waals surface area contributed by atoms with Gasteiger partial charge in [-0.05, 0) is 18.8 Å². The summed E-state index contributed by atoms with van der Waals surface area (Å²) in [5, 5.41) is 3.12. The fourth-order valence-corrected chi connectivity index (χ4v) is 2.57. The molecule has 1 amide bonds. The number of amides is 1. The Bertz CT molecular complexity index is 183. The molecule has 62 valence electrons. The van der Waals surface area contributed by atoms with E-state index in [1.165, 1.54) is 12.8 Å². The van der Waals surface area contributed by atoms with Crippen molar-refractivity contribution in [3.05, 3.63) is 0 Å². The van der Waals surface area contributed by atoms with Crippen LogP contribution in [0.3, 0.4) is 0 Å². The fraction of sp³-hybridized carbons (Fsp3) is 0.875. The van der Waals surface area contributed by atoms with E-state index in [0.717, 1.165) is 6.42 Å². The highest BCUT2D eigenvalue weighted by Gasteiger charge is 2.38. The number of hydrogen-bond acceptors (Lipinski definition) is 1. The number of rotatable bonds is 0. The Hall–Kier alpha value is -0.240. The summed E-state index contributed by atoms with van der Waals surface area (Å²) in [7, 11) is 0. The molecule has 0 aromatic carbocycles. The lowest BCUT2D eigenvalue weighted by atomic mass is 9.85. The van der Waals surface area contributed by atoms with Crippen molar-refractivity contribution in [2.24, 2.45) is 5.92 Å². The Labute approximate surface area is 71.3 Å². The predicted molar refractivity (Wildman–Crippen MR) is 43.5 cm³/mol. The molecule has 1 aliphatic heterocycles. The molecule has 0 aromatic rings. The van der Waals surface area contributed by atoms with Crippen molar-refractivity contribution in [3.63, 3.8) is 0 Å². The summed E-state index contributed by atoms with van der Waals surface area (Å²) in [6.07, 6.45) is 4.12. The molecule has 2 rings (SSSR count). The van der Waals surface area contributed by atoms with Crippen molar-refractivity contribution in [2.75, 3.05) is 0 Å². The molecule has 11 heavy (non-hydrogen) atoms. The molecule has 0 radical (unpaired) electrons. The van der Waals surface area contributed by atoms with E-state index in [4.69, 9.17) is 11.6 Å². The summed E-state index contributed by atoms with van der Waals surface area (Å²) in [5.41, 5.74) is 0. The molecule has 3 atom stereocenters. The zero-order valence-corrected chi connectivity index (χ0v) is 7.10. The summed E-state index contributed by atoms with van der Waals surface area (Å²) in [6, 6.07) is 0.276. The fourth-order valence-electron chi connectivity index (χ4n) is 2.15. The molecule has 0 spiro atoms. The Balaban J connectivity index is 2.09. The summed E-state index contributed by atoms with van der Waals surface area (Å²) in [6.45, 7) is 0. The maximum absolute atomic E-state index is 11.0. The number of nitrogens with one attached hydrogen (secondary N) is 1. The third-order valence-corrected chi connectivity index (χ3v) is 3.22. The zero-order valence-electron chi connectivity index (χ0n) is 6.35. The van der Waals surface area contributed by atoms with Crippen molar-refractivity contribution in [1.29, 1.82) is 0 Å². The van der Waals surface area contributed by atoms with E-state index >= 15 is 0 Å². The summed E-state index contributed by atoms with van der Waals surface area (Å²) < 4.78 is 0. The standard InChI is InChI=1S/C8H12ClNO/c9-6-3-1-2-5-4-7(11)10-8(5)6/h5-6,8H,1-4H2,(H,10,11). The Kier molecular flexibility index (Phi) is 1.80. The molecule has 0 aromatic heterocycles. The molecular weight excluding hydrogens is 162 g/mol. The van der Waals surface area contributed by atoms with Gasteiger partial charge in [0.1, 0.15) is 0 Å². The third-order valence-electron chi connectivity index (χ3n) is 2.73. The molecule has 0 bridgehead atoms. The van der Waals surface area contributed by atoms with Crippen LogP contribution in [0.1, 0.15) is 25.7 Å². The molecular formula is C8H12ClNO. The van der Waals surface area contributed by atoms with Gasteiger partial charge in [-0.3, -0.25) is 4.79 Å². The first-order chi connectivity index (χ1) is 5.27. The Morgan fingerprint density at radius 2 is 2.27 bits per heavy atom. The minimum atomic E-state index is 0.181. The van der Waals surface area contributed by atoms with Gasteiger partial charge in [0.25, 0.3) is 0 Å². The number of fused-ring (bicyclic) bond motifs is 1. The molecule has 1 saturated heterocycles. The van der Waals surface area contributed by atoms with E-state index < -0.39 is 0 Å². The van der Waals surface area contributed by atoms with Gasteiger partial charge in [0.2, 0.25) is 5.91 Å². The molecule has 3 unspecified atom stereocenters. The van der Waals surface area contributed by atoms with Crippen LogP contribution in [0.4, 0.5) is 0 Å². The van der Waals surface area contributed by atoms with Crippen LogP contribution in [-0.4, -0.2) is 17.3 Å². The minimum absolute atomic E-state index is 0.181. The van der Waals surface area contributed by atoms with E-state index in [9.17, 15) is 4.79 Å². The molecule has 3 heteroatoms. The van der Waals surface area contributed by atoms with Crippen molar-refractivity contribution in [3.8, 4) is 0 Å². The number of halogens is 1. The maximum atomic E-state index is 11.0. The molecule has 1 saturated carbocycles. The van der Waals surface area contributed by atoms with Gasteiger partial charge in [-0.2, -0.15) is 0 Å². The van der Waals surface area contributed by atoms with Crippen LogP contribution >= 0.6 is 11.6 Å². The van der Waals surface area contributed by atoms with Crippen molar-refractivity contribution in [1.82, 2.24) is 5.32 Å². The van der Waals surface area contributed by atoms with Gasteiger partial charge in [0, 0.05) is 12.5 Å². The smallest absolute Gasteiger partial charge is 0.220 e. The highest BCUT2D eigenvalue weighted by molar-refractivity contribution is 6.21. The van der Waals surface area contributed by atoms with Gasteiger partial charge < -0.3 is 5.32 Å². The highest BCUT2D eigenvalue weighted by Crippen LogP contribution is 2.33. The lowest BCUT2D eigenvalue weighted by Crippen LogP contribution is -2.39. The largest absolute Gasteiger partial charge is 0.352 e. The van der Waals surface area contributed by atoms with Crippen LogP contribution in [0.5, 0.6) is 0 Å². The second-order valence-corrected chi connectivity index (χ2v) is 4.06. The first kappa shape index (κ1) is 7.41. The van der Waals surface area contributed by atoms with Crippen LogP contribution in [0.25, 0.3) is 0 Å². The molecule has 2 aliphatic rings. The number of alkyl halides is 1. The average Bonchev–Trinajstić information content (AvgIpc) is 2.31. The number of hydrogen-bond donors (Lipinski definition) is 1. The van der Waals surface area contributed by atoms with Gasteiger partial charge >= 0.3 is 0 Å². The number of carbonyl (C=O) groups excluding carboxylic acids is 1. The monoisotopic (exact) mass is 173 g/mol. The van der Waals surface area contributed by atoms with E-state index in [1.807, 2.05) is 0 Å². The van der Waals surface area contributed by atoms with E-state index in [1.54, 1.807) is 0 Å². The maximum Gasteiger partial charge on any atom is 0.220 e. The molecule has 2 nitrogen and oxygen atoms in total. The number of carbonyl (C=O) groups is 1. The molecule has 1 heterocycles. The predicted octanol–water partition coefficient (Wildman–Crippen LogP) is 1.28. The van der Waals surface area contributed by atoms with Crippen molar-refractivity contribution in [2.45, 2.75) is 37.1 Å². The second-order valence-electron chi connectivity index (χ2n) is 3.50. The van der Waals surface area contributed by atoms with E-state index in [2.05, 4.69) is 5.32 Å². The molecule has 2 fully saturated rings. The Morgan fingerprint density at radius 3 is 3.00 bits per heavy atom. The van der Waals surface area contributed by atoms with Gasteiger partial charge in [-0.25, -0.2) is 0 Å². The summed E-state index contributed by atoms with van der Waals surface area (Å²) in [4.78, 5) is 11.0. The van der Waals surface area contributed by atoms with Gasteiger partial charge in [0.05, 0.1) is 5.38 Å². The van der Waals surface area contributed by atoms with E-state index in [-0.39, 0.29) is 17.3 Å². The minimum Gasteiger partial charge on any atom is -0.352 e. The SMILES string of the molecule is O=C1CC2CCCC(Cl)C2N1.